The molecule has 0 heterocycles. The molecule has 0 bridgehead atoms. The zero-order chi connectivity index (χ0) is 26.6. The standard InChI is InChI=1S/C32H37FO4/c1-4-5-6-8-24-10-12-25(13-11-24)27-16-17-29(30(33)21-27)28-15-14-26(9-7-18-34)31(22-28)36-19-20-37-32(35)23(2)3/h10-17,21-22,34H,2,4-9,18-20H2,1,3H3. The maximum Gasteiger partial charge on any atom is 0.333 e. The third kappa shape index (κ3) is 8.29. The average molecular weight is 505 g/mol. The number of hydrogen-bond donors (Lipinski definition) is 1. The van der Waals surface area contributed by atoms with E-state index in [4.69, 9.17) is 9.47 Å². The summed E-state index contributed by atoms with van der Waals surface area (Å²) in [5.41, 5.74) is 5.52. The lowest BCUT2D eigenvalue weighted by Gasteiger charge is -2.14. The van der Waals surface area contributed by atoms with E-state index in [1.54, 1.807) is 25.1 Å². The number of carbonyl (C=O) groups excluding carboxylic acids is 1. The summed E-state index contributed by atoms with van der Waals surface area (Å²) in [5.74, 6) is -0.195. The highest BCUT2D eigenvalue weighted by Gasteiger charge is 2.12. The van der Waals surface area contributed by atoms with E-state index in [0.717, 1.165) is 23.1 Å². The van der Waals surface area contributed by atoms with Crippen LogP contribution in [-0.2, 0) is 22.4 Å². The fraction of sp³-hybridized carbons (Fsp3) is 0.344. The van der Waals surface area contributed by atoms with Crippen molar-refractivity contribution in [2.45, 2.75) is 52.4 Å². The smallest absolute Gasteiger partial charge is 0.333 e. The Kier molecular flexibility index (Phi) is 10.9. The summed E-state index contributed by atoms with van der Waals surface area (Å²) in [6.45, 7) is 7.65. The number of aliphatic hydroxyl groups excluding tert-OH is 1. The molecule has 5 heteroatoms. The lowest BCUT2D eigenvalue weighted by molar-refractivity contribution is -0.139. The second-order valence-corrected chi connectivity index (χ2v) is 9.26. The van der Waals surface area contributed by atoms with Gasteiger partial charge in [-0.3, -0.25) is 0 Å². The molecule has 37 heavy (non-hydrogen) atoms. The van der Waals surface area contributed by atoms with Crippen LogP contribution < -0.4 is 4.74 Å². The fourth-order valence-electron chi connectivity index (χ4n) is 4.11. The average Bonchev–Trinajstić information content (AvgIpc) is 2.90. The van der Waals surface area contributed by atoms with Gasteiger partial charge in [-0.05, 0) is 72.6 Å². The second kappa shape index (κ2) is 14.3. The molecule has 1 N–H and O–H groups in total. The van der Waals surface area contributed by atoms with Crippen molar-refractivity contribution < 1.29 is 23.8 Å². The fourth-order valence-corrected chi connectivity index (χ4v) is 4.11. The van der Waals surface area contributed by atoms with Crippen LogP contribution in [0.5, 0.6) is 5.75 Å². The Bertz CT molecular complexity index is 1180. The molecule has 3 aromatic rings. The number of aliphatic hydroxyl groups is 1. The number of benzene rings is 3. The molecule has 0 atom stereocenters. The molecular weight excluding hydrogens is 467 g/mol. The van der Waals surface area contributed by atoms with Gasteiger partial charge >= 0.3 is 5.97 Å². The topological polar surface area (TPSA) is 55.8 Å². The summed E-state index contributed by atoms with van der Waals surface area (Å²) in [6.07, 6.45) is 5.88. The maximum atomic E-state index is 15.3. The molecule has 196 valence electrons. The monoisotopic (exact) mass is 504 g/mol. The highest BCUT2D eigenvalue weighted by Crippen LogP contribution is 2.32. The summed E-state index contributed by atoms with van der Waals surface area (Å²) >= 11 is 0. The van der Waals surface area contributed by atoms with E-state index in [-0.39, 0.29) is 25.6 Å². The Morgan fingerprint density at radius 1 is 0.892 bits per heavy atom. The van der Waals surface area contributed by atoms with Gasteiger partial charge in [-0.15, -0.1) is 0 Å². The molecule has 0 saturated carbocycles. The summed E-state index contributed by atoms with van der Waals surface area (Å²) in [6, 6.07) is 19.2. The number of hydrogen-bond acceptors (Lipinski definition) is 4. The lowest BCUT2D eigenvalue weighted by Crippen LogP contribution is -2.13. The first kappa shape index (κ1) is 28.1. The first-order valence-electron chi connectivity index (χ1n) is 13.0. The molecule has 0 aliphatic carbocycles. The first-order chi connectivity index (χ1) is 17.9. The van der Waals surface area contributed by atoms with Crippen molar-refractivity contribution in [3.05, 3.63) is 89.8 Å². The molecule has 0 radical (unpaired) electrons. The Balaban J connectivity index is 1.76. The van der Waals surface area contributed by atoms with E-state index >= 15 is 4.39 Å². The minimum absolute atomic E-state index is 0.0627. The first-order valence-corrected chi connectivity index (χ1v) is 13.0. The van der Waals surface area contributed by atoms with Gasteiger partial charge in [0.2, 0.25) is 0 Å². The molecule has 0 amide bonds. The van der Waals surface area contributed by atoms with E-state index in [0.29, 0.717) is 35.3 Å². The van der Waals surface area contributed by atoms with Crippen molar-refractivity contribution in [1.82, 2.24) is 0 Å². The summed E-state index contributed by atoms with van der Waals surface area (Å²) in [7, 11) is 0. The van der Waals surface area contributed by atoms with Gasteiger partial charge in [-0.25, -0.2) is 9.18 Å². The van der Waals surface area contributed by atoms with Crippen molar-refractivity contribution in [1.29, 1.82) is 0 Å². The lowest BCUT2D eigenvalue weighted by atomic mass is 9.97. The summed E-state index contributed by atoms with van der Waals surface area (Å²) in [4.78, 5) is 11.6. The van der Waals surface area contributed by atoms with Gasteiger partial charge in [0, 0.05) is 17.7 Å². The molecule has 0 unspecified atom stereocenters. The van der Waals surface area contributed by atoms with Gasteiger partial charge in [0.05, 0.1) is 0 Å². The van der Waals surface area contributed by atoms with E-state index < -0.39 is 5.97 Å². The van der Waals surface area contributed by atoms with Gasteiger partial charge < -0.3 is 14.6 Å². The van der Waals surface area contributed by atoms with Crippen LogP contribution in [0.25, 0.3) is 22.3 Å². The molecule has 0 aliphatic rings. The van der Waals surface area contributed by atoms with Crippen LogP contribution in [-0.4, -0.2) is 30.9 Å². The number of carbonyl (C=O) groups is 1. The largest absolute Gasteiger partial charge is 0.490 e. The predicted octanol–water partition coefficient (Wildman–Crippen LogP) is 7.32. The van der Waals surface area contributed by atoms with Crippen LogP contribution >= 0.6 is 0 Å². The maximum absolute atomic E-state index is 15.3. The molecular formula is C32H37FO4. The van der Waals surface area contributed by atoms with E-state index in [2.05, 4.69) is 37.8 Å². The van der Waals surface area contributed by atoms with Crippen molar-refractivity contribution in [2.75, 3.05) is 19.8 Å². The summed E-state index contributed by atoms with van der Waals surface area (Å²) in [5, 5.41) is 9.24. The SMILES string of the molecule is C=C(C)C(=O)OCCOc1cc(-c2ccc(-c3ccc(CCCCC)cc3)cc2F)ccc1CCCO. The zero-order valence-electron chi connectivity index (χ0n) is 21.9. The normalized spacial score (nSPS) is 10.8. The minimum atomic E-state index is -0.467. The van der Waals surface area contributed by atoms with Gasteiger partial charge in [0.25, 0.3) is 0 Å². The summed E-state index contributed by atoms with van der Waals surface area (Å²) < 4.78 is 26.3. The molecule has 3 rings (SSSR count). The number of unbranched alkanes of at least 4 members (excludes halogenated alkanes) is 2. The number of esters is 1. The molecule has 0 aliphatic heterocycles. The molecule has 0 spiro atoms. The Morgan fingerprint density at radius 2 is 1.62 bits per heavy atom. The molecule has 4 nitrogen and oxygen atoms in total. The number of rotatable bonds is 14. The Labute approximate surface area is 219 Å². The Hall–Kier alpha value is -3.44. The van der Waals surface area contributed by atoms with Gasteiger partial charge in [0.15, 0.2) is 0 Å². The predicted molar refractivity (Wildman–Crippen MR) is 147 cm³/mol. The van der Waals surface area contributed by atoms with Crippen LogP contribution in [0.15, 0.2) is 72.8 Å². The molecule has 0 aromatic heterocycles. The van der Waals surface area contributed by atoms with Crippen LogP contribution in [0, 0.1) is 5.82 Å². The van der Waals surface area contributed by atoms with E-state index in [1.165, 1.54) is 24.8 Å². The number of ether oxygens (including phenoxy) is 2. The van der Waals surface area contributed by atoms with Crippen LogP contribution in [0.2, 0.25) is 0 Å². The minimum Gasteiger partial charge on any atom is -0.490 e. The van der Waals surface area contributed by atoms with Gasteiger partial charge in [0.1, 0.15) is 24.8 Å². The quantitative estimate of drug-likeness (QED) is 0.142. The second-order valence-electron chi connectivity index (χ2n) is 9.26. The van der Waals surface area contributed by atoms with Crippen molar-refractivity contribution in [3.8, 4) is 28.0 Å². The number of aryl methyl sites for hydroxylation is 2. The third-order valence-electron chi connectivity index (χ3n) is 6.23. The van der Waals surface area contributed by atoms with Crippen LogP contribution in [0.4, 0.5) is 4.39 Å². The Morgan fingerprint density at radius 3 is 2.30 bits per heavy atom. The molecule has 0 saturated heterocycles. The van der Waals surface area contributed by atoms with Gasteiger partial charge in [-0.1, -0.05) is 74.9 Å². The highest BCUT2D eigenvalue weighted by molar-refractivity contribution is 5.86. The third-order valence-corrected chi connectivity index (χ3v) is 6.23. The van der Waals surface area contributed by atoms with Crippen molar-refractivity contribution >= 4 is 5.97 Å². The highest BCUT2D eigenvalue weighted by atomic mass is 19.1. The zero-order valence-corrected chi connectivity index (χ0v) is 21.9. The van der Waals surface area contributed by atoms with Gasteiger partial charge in [-0.2, -0.15) is 0 Å². The van der Waals surface area contributed by atoms with Crippen LogP contribution in [0.1, 0.15) is 50.7 Å². The van der Waals surface area contributed by atoms with E-state index in [1.807, 2.05) is 18.2 Å². The van der Waals surface area contributed by atoms with E-state index in [9.17, 15) is 9.90 Å². The van der Waals surface area contributed by atoms with Crippen molar-refractivity contribution in [3.63, 3.8) is 0 Å². The van der Waals surface area contributed by atoms with Crippen LogP contribution in [0.3, 0.4) is 0 Å². The molecule has 0 fully saturated rings. The van der Waals surface area contributed by atoms with Crippen molar-refractivity contribution in [2.24, 2.45) is 0 Å². The number of halogens is 1. The molecule has 3 aromatic carbocycles.